The summed E-state index contributed by atoms with van der Waals surface area (Å²) in [7, 11) is 0. The van der Waals surface area contributed by atoms with Gasteiger partial charge < -0.3 is 4.74 Å². The molecule has 2 aromatic rings. The number of rotatable bonds is 3. The minimum Gasteiger partial charge on any atom is -0.462 e. The number of hydrogen-bond acceptors (Lipinski definition) is 5. The van der Waals surface area contributed by atoms with Crippen LogP contribution in [0.5, 0.6) is 0 Å². The van der Waals surface area contributed by atoms with E-state index in [9.17, 15) is 9.59 Å². The maximum atomic E-state index is 11.7. The second-order valence-electron chi connectivity index (χ2n) is 3.43. The minimum absolute atomic E-state index is 0.281. The van der Waals surface area contributed by atoms with Gasteiger partial charge in [0.1, 0.15) is 0 Å². The van der Waals surface area contributed by atoms with Crippen molar-refractivity contribution in [2.24, 2.45) is 0 Å². The number of nitrogens with zero attached hydrogens (tertiary/aromatic N) is 3. The average molecular weight is 245 g/mol. The number of esters is 1. The van der Waals surface area contributed by atoms with E-state index in [1.807, 2.05) is 0 Å². The Hall–Kier alpha value is -2.50. The Kier molecular flexibility index (Phi) is 3.47. The quantitative estimate of drug-likeness (QED) is 0.748. The molecular formula is C12H11N3O3. The van der Waals surface area contributed by atoms with Gasteiger partial charge in [-0.1, -0.05) is 0 Å². The van der Waals surface area contributed by atoms with Crippen molar-refractivity contribution in [2.75, 3.05) is 6.61 Å². The van der Waals surface area contributed by atoms with Gasteiger partial charge in [-0.15, -0.1) is 5.10 Å². The number of ether oxygens (including phenoxy) is 1. The van der Waals surface area contributed by atoms with Gasteiger partial charge in [0, 0.05) is 18.5 Å². The Balaban J connectivity index is 2.46. The van der Waals surface area contributed by atoms with E-state index in [0.717, 1.165) is 0 Å². The smallest absolute Gasteiger partial charge is 0.339 e. The van der Waals surface area contributed by atoms with E-state index in [1.165, 1.54) is 29.1 Å². The molecule has 18 heavy (non-hydrogen) atoms. The minimum atomic E-state index is -0.477. The molecule has 0 aliphatic carbocycles. The molecule has 92 valence electrons. The number of pyridine rings is 1. The van der Waals surface area contributed by atoms with Crippen LogP contribution in [0.3, 0.4) is 0 Å². The van der Waals surface area contributed by atoms with E-state index < -0.39 is 5.97 Å². The molecule has 6 nitrogen and oxygen atoms in total. The first-order valence-corrected chi connectivity index (χ1v) is 5.40. The molecule has 0 amide bonds. The summed E-state index contributed by atoms with van der Waals surface area (Å²) in [5.41, 5.74) is 0.00523. The normalized spacial score (nSPS) is 10.1. The largest absolute Gasteiger partial charge is 0.462 e. The van der Waals surface area contributed by atoms with Crippen molar-refractivity contribution in [1.82, 2.24) is 14.8 Å². The average Bonchev–Trinajstić information content (AvgIpc) is 2.40. The van der Waals surface area contributed by atoms with Gasteiger partial charge in [0.15, 0.2) is 5.82 Å². The molecule has 0 spiro atoms. The van der Waals surface area contributed by atoms with Gasteiger partial charge in [-0.05, 0) is 25.1 Å². The highest BCUT2D eigenvalue weighted by molar-refractivity contribution is 5.89. The molecule has 0 N–H and O–H groups in total. The topological polar surface area (TPSA) is 74.1 Å². The lowest BCUT2D eigenvalue weighted by Gasteiger charge is -2.06. The van der Waals surface area contributed by atoms with Crippen molar-refractivity contribution in [3.05, 3.63) is 52.6 Å². The summed E-state index contributed by atoms with van der Waals surface area (Å²) < 4.78 is 6.12. The van der Waals surface area contributed by atoms with Gasteiger partial charge >= 0.3 is 5.97 Å². The summed E-state index contributed by atoms with van der Waals surface area (Å²) in [6.45, 7) is 2.00. The summed E-state index contributed by atoms with van der Waals surface area (Å²) in [5.74, 6) is -0.121. The Labute approximate surface area is 103 Å². The molecule has 0 saturated carbocycles. The van der Waals surface area contributed by atoms with Crippen LogP contribution in [0, 0.1) is 0 Å². The Bertz CT molecular complexity index is 607. The molecule has 6 heteroatoms. The van der Waals surface area contributed by atoms with Crippen molar-refractivity contribution in [2.45, 2.75) is 6.92 Å². The predicted octanol–water partition coefficient (Wildman–Crippen LogP) is 0.804. The van der Waals surface area contributed by atoms with E-state index in [0.29, 0.717) is 11.4 Å². The molecule has 0 aliphatic rings. The number of carbonyl (C=O) groups is 1. The maximum absolute atomic E-state index is 11.7. The van der Waals surface area contributed by atoms with Gasteiger partial charge in [0.05, 0.1) is 12.2 Å². The molecule has 0 radical (unpaired) electrons. The van der Waals surface area contributed by atoms with Crippen LogP contribution in [0.15, 0.2) is 41.5 Å². The van der Waals surface area contributed by atoms with Crippen LogP contribution in [0.1, 0.15) is 17.3 Å². The zero-order chi connectivity index (χ0) is 13.0. The third kappa shape index (κ3) is 2.42. The van der Waals surface area contributed by atoms with Gasteiger partial charge in [-0.3, -0.25) is 9.36 Å². The zero-order valence-electron chi connectivity index (χ0n) is 9.74. The molecule has 2 aromatic heterocycles. The Morgan fingerprint density at radius 3 is 2.89 bits per heavy atom. The van der Waals surface area contributed by atoms with Crippen LogP contribution in [0.25, 0.3) is 5.82 Å². The third-order valence-corrected chi connectivity index (χ3v) is 2.23. The lowest BCUT2D eigenvalue weighted by atomic mass is 10.3. The molecule has 0 aromatic carbocycles. The Morgan fingerprint density at radius 1 is 1.39 bits per heavy atom. The molecule has 2 rings (SSSR count). The molecule has 0 aliphatic heterocycles. The van der Waals surface area contributed by atoms with Crippen molar-refractivity contribution in [3.63, 3.8) is 0 Å². The highest BCUT2D eigenvalue weighted by atomic mass is 16.5. The molecular weight excluding hydrogens is 234 g/mol. The van der Waals surface area contributed by atoms with Gasteiger partial charge in [-0.25, -0.2) is 4.79 Å². The first-order chi connectivity index (χ1) is 8.72. The van der Waals surface area contributed by atoms with Crippen molar-refractivity contribution < 1.29 is 9.53 Å². The van der Waals surface area contributed by atoms with Gasteiger partial charge in [0.2, 0.25) is 0 Å². The zero-order valence-corrected chi connectivity index (χ0v) is 9.74. The summed E-state index contributed by atoms with van der Waals surface area (Å²) in [4.78, 5) is 23.3. The van der Waals surface area contributed by atoms with E-state index in [-0.39, 0.29) is 12.2 Å². The molecule has 0 fully saturated rings. The highest BCUT2D eigenvalue weighted by Crippen LogP contribution is 2.03. The van der Waals surface area contributed by atoms with Gasteiger partial charge in [-0.2, -0.15) is 5.10 Å². The van der Waals surface area contributed by atoms with E-state index in [1.54, 1.807) is 19.1 Å². The van der Waals surface area contributed by atoms with Crippen molar-refractivity contribution in [1.29, 1.82) is 0 Å². The maximum Gasteiger partial charge on any atom is 0.339 e. The fourth-order valence-corrected chi connectivity index (χ4v) is 1.42. The van der Waals surface area contributed by atoms with Crippen LogP contribution in [0.2, 0.25) is 0 Å². The molecule has 2 heterocycles. The summed E-state index contributed by atoms with van der Waals surface area (Å²) >= 11 is 0. The van der Waals surface area contributed by atoms with E-state index in [2.05, 4.69) is 10.2 Å². The molecule has 0 saturated heterocycles. The SMILES string of the molecule is CCOC(=O)c1ccc(=O)n(-c2cccnn2)c1. The first-order valence-electron chi connectivity index (χ1n) is 5.40. The standard InChI is InChI=1S/C12H11N3O3/c1-2-18-12(17)9-5-6-11(16)15(8-9)10-4-3-7-13-14-10/h3-8H,2H2,1H3. The summed E-state index contributed by atoms with van der Waals surface area (Å²) in [5, 5.41) is 7.50. The molecule has 0 atom stereocenters. The van der Waals surface area contributed by atoms with Gasteiger partial charge in [0.25, 0.3) is 5.56 Å². The predicted molar refractivity (Wildman–Crippen MR) is 63.6 cm³/mol. The van der Waals surface area contributed by atoms with E-state index >= 15 is 0 Å². The summed E-state index contributed by atoms with van der Waals surface area (Å²) in [6, 6.07) is 6.00. The monoisotopic (exact) mass is 245 g/mol. The second-order valence-corrected chi connectivity index (χ2v) is 3.43. The van der Waals surface area contributed by atoms with Crippen LogP contribution in [0.4, 0.5) is 0 Å². The van der Waals surface area contributed by atoms with Crippen LogP contribution >= 0.6 is 0 Å². The van der Waals surface area contributed by atoms with Crippen LogP contribution < -0.4 is 5.56 Å². The fraction of sp³-hybridized carbons (Fsp3) is 0.167. The fourth-order valence-electron chi connectivity index (χ4n) is 1.42. The number of carbonyl (C=O) groups excluding carboxylic acids is 1. The lowest BCUT2D eigenvalue weighted by Crippen LogP contribution is -2.20. The number of hydrogen-bond donors (Lipinski definition) is 0. The molecule has 0 bridgehead atoms. The lowest BCUT2D eigenvalue weighted by molar-refractivity contribution is 0.0525. The van der Waals surface area contributed by atoms with Crippen molar-refractivity contribution >= 4 is 5.97 Å². The third-order valence-electron chi connectivity index (χ3n) is 2.23. The first kappa shape index (κ1) is 12.0. The van der Waals surface area contributed by atoms with Crippen LogP contribution in [-0.2, 0) is 4.74 Å². The van der Waals surface area contributed by atoms with E-state index in [4.69, 9.17) is 4.74 Å². The number of aromatic nitrogens is 3. The van der Waals surface area contributed by atoms with Crippen LogP contribution in [-0.4, -0.2) is 27.3 Å². The Morgan fingerprint density at radius 2 is 2.22 bits per heavy atom. The summed E-state index contributed by atoms with van der Waals surface area (Å²) in [6.07, 6.45) is 2.90. The second kappa shape index (κ2) is 5.22. The van der Waals surface area contributed by atoms with Crippen molar-refractivity contribution in [3.8, 4) is 5.82 Å². The molecule has 0 unspecified atom stereocenters. The highest BCUT2D eigenvalue weighted by Gasteiger charge is 2.09.